The molecule has 0 radical (unpaired) electrons. The lowest BCUT2D eigenvalue weighted by Crippen LogP contribution is -2.11. The van der Waals surface area contributed by atoms with Gasteiger partial charge in [0.05, 0.1) is 9.77 Å². The summed E-state index contributed by atoms with van der Waals surface area (Å²) in [5.74, 6) is -0.426. The lowest BCUT2D eigenvalue weighted by Gasteiger charge is -2.10. The van der Waals surface area contributed by atoms with E-state index in [9.17, 15) is 22.0 Å². The third kappa shape index (κ3) is 3.69. The number of alkyl halides is 2. The number of rotatable bonds is 4. The summed E-state index contributed by atoms with van der Waals surface area (Å²) in [6.45, 7) is 1.84. The van der Waals surface area contributed by atoms with Crippen molar-refractivity contribution in [3.05, 3.63) is 45.6 Å². The lowest BCUT2D eigenvalue weighted by atomic mass is 10.2. The summed E-state index contributed by atoms with van der Waals surface area (Å²) < 4.78 is 49.0. The van der Waals surface area contributed by atoms with E-state index >= 15 is 0 Å². The first kappa shape index (κ1) is 16.6. The molecule has 2 aromatic rings. The van der Waals surface area contributed by atoms with Gasteiger partial charge in [0.15, 0.2) is 9.84 Å². The van der Waals surface area contributed by atoms with E-state index in [-0.39, 0.29) is 5.69 Å². The van der Waals surface area contributed by atoms with Crippen molar-refractivity contribution >= 4 is 32.8 Å². The van der Waals surface area contributed by atoms with Crippen molar-refractivity contribution in [2.75, 3.05) is 11.6 Å². The zero-order valence-electron chi connectivity index (χ0n) is 11.8. The summed E-state index contributed by atoms with van der Waals surface area (Å²) in [6.07, 6.45) is -2.09. The molecule has 2 rings (SSSR count). The summed E-state index contributed by atoms with van der Waals surface area (Å²) >= 11 is 1.28. The molecule has 0 saturated heterocycles. The monoisotopic (exact) mass is 345 g/mol. The van der Waals surface area contributed by atoms with Gasteiger partial charge in [0.25, 0.3) is 12.3 Å². The lowest BCUT2D eigenvalue weighted by molar-refractivity contribution is 0.103. The molecule has 0 aliphatic heterocycles. The maximum atomic E-state index is 13.0. The van der Waals surface area contributed by atoms with Crippen LogP contribution in [0, 0.1) is 6.92 Å². The van der Waals surface area contributed by atoms with Gasteiger partial charge in [-0.1, -0.05) is 0 Å². The van der Waals surface area contributed by atoms with Crippen LogP contribution in [0.15, 0.2) is 35.2 Å². The number of halogens is 2. The van der Waals surface area contributed by atoms with Crippen molar-refractivity contribution in [2.24, 2.45) is 0 Å². The number of benzene rings is 1. The van der Waals surface area contributed by atoms with Crippen LogP contribution in [0.1, 0.15) is 26.5 Å². The molecule has 0 aliphatic carbocycles. The molecule has 1 heterocycles. The summed E-state index contributed by atoms with van der Waals surface area (Å²) in [5, 5.41) is 2.49. The van der Waals surface area contributed by atoms with Crippen molar-refractivity contribution in [1.29, 1.82) is 0 Å². The standard InChI is InChI=1S/C14H13F2NO3S2/c1-8-3-5-11(21-8)14(18)17-9-4-6-12(22(2,19)20)10(7-9)13(15)16/h3-7,13H,1-2H3,(H,17,18). The molecule has 22 heavy (non-hydrogen) atoms. The van der Waals surface area contributed by atoms with Crippen LogP contribution >= 0.6 is 11.3 Å². The molecule has 0 fully saturated rings. The molecular formula is C14H13F2NO3S2. The highest BCUT2D eigenvalue weighted by Gasteiger charge is 2.21. The average molecular weight is 345 g/mol. The van der Waals surface area contributed by atoms with E-state index in [1.165, 1.54) is 17.4 Å². The number of sulfone groups is 1. The van der Waals surface area contributed by atoms with Crippen LogP contribution in [0.5, 0.6) is 0 Å². The molecule has 0 saturated carbocycles. The van der Waals surface area contributed by atoms with Gasteiger partial charge in [0, 0.05) is 22.4 Å². The maximum Gasteiger partial charge on any atom is 0.265 e. The highest BCUT2D eigenvalue weighted by atomic mass is 32.2. The van der Waals surface area contributed by atoms with Crippen LogP contribution in [0.4, 0.5) is 14.5 Å². The Morgan fingerprint density at radius 3 is 2.41 bits per heavy atom. The van der Waals surface area contributed by atoms with E-state index in [2.05, 4.69) is 5.32 Å². The molecule has 1 N–H and O–H groups in total. The summed E-state index contributed by atoms with van der Waals surface area (Å²) in [4.78, 5) is 12.9. The molecule has 0 unspecified atom stereocenters. The minimum atomic E-state index is -3.76. The van der Waals surface area contributed by atoms with Crippen molar-refractivity contribution < 1.29 is 22.0 Å². The SMILES string of the molecule is Cc1ccc(C(=O)Nc2ccc(S(C)(=O)=O)c(C(F)F)c2)s1. The van der Waals surface area contributed by atoms with Crippen molar-refractivity contribution in [2.45, 2.75) is 18.2 Å². The number of anilines is 1. The van der Waals surface area contributed by atoms with Gasteiger partial charge in [-0.25, -0.2) is 17.2 Å². The van der Waals surface area contributed by atoms with Crippen LogP contribution in [0.3, 0.4) is 0 Å². The molecule has 1 aromatic carbocycles. The number of carbonyl (C=O) groups is 1. The van der Waals surface area contributed by atoms with Gasteiger partial charge < -0.3 is 5.32 Å². The fourth-order valence-corrected chi connectivity index (χ4v) is 3.54. The van der Waals surface area contributed by atoms with Crippen molar-refractivity contribution in [1.82, 2.24) is 0 Å². The van der Waals surface area contributed by atoms with Crippen LogP contribution < -0.4 is 5.32 Å². The fourth-order valence-electron chi connectivity index (χ4n) is 1.88. The Balaban J connectivity index is 2.33. The molecule has 0 spiro atoms. The van der Waals surface area contributed by atoms with Crippen LogP contribution in [-0.2, 0) is 9.84 Å². The summed E-state index contributed by atoms with van der Waals surface area (Å²) in [7, 11) is -3.76. The molecule has 4 nitrogen and oxygen atoms in total. The first-order valence-corrected chi connectivity index (χ1v) is 8.89. The van der Waals surface area contributed by atoms with E-state index in [0.717, 1.165) is 23.3 Å². The third-order valence-corrected chi connectivity index (χ3v) is 5.04. The zero-order chi connectivity index (χ0) is 16.5. The largest absolute Gasteiger partial charge is 0.321 e. The first-order valence-electron chi connectivity index (χ1n) is 6.18. The van der Waals surface area contributed by atoms with Gasteiger partial charge in [-0.15, -0.1) is 11.3 Å². The topological polar surface area (TPSA) is 63.2 Å². The Morgan fingerprint density at radius 2 is 1.91 bits per heavy atom. The normalized spacial score (nSPS) is 11.7. The van der Waals surface area contributed by atoms with E-state index in [4.69, 9.17) is 0 Å². The molecule has 118 valence electrons. The van der Waals surface area contributed by atoms with Gasteiger partial charge >= 0.3 is 0 Å². The molecule has 0 atom stereocenters. The van der Waals surface area contributed by atoms with E-state index < -0.39 is 32.6 Å². The number of aryl methyl sites for hydroxylation is 1. The molecule has 1 amide bonds. The van der Waals surface area contributed by atoms with E-state index in [1.54, 1.807) is 12.1 Å². The second-order valence-electron chi connectivity index (χ2n) is 4.69. The second kappa shape index (κ2) is 6.13. The van der Waals surface area contributed by atoms with Gasteiger partial charge in [-0.05, 0) is 37.3 Å². The van der Waals surface area contributed by atoms with E-state index in [0.29, 0.717) is 4.88 Å². The fraction of sp³-hybridized carbons (Fsp3) is 0.214. The molecular weight excluding hydrogens is 332 g/mol. The smallest absolute Gasteiger partial charge is 0.265 e. The number of hydrogen-bond acceptors (Lipinski definition) is 4. The van der Waals surface area contributed by atoms with Crippen LogP contribution in [-0.4, -0.2) is 20.6 Å². The van der Waals surface area contributed by atoms with Gasteiger partial charge in [-0.3, -0.25) is 4.79 Å². The highest BCUT2D eigenvalue weighted by molar-refractivity contribution is 7.90. The third-order valence-electron chi connectivity index (χ3n) is 2.87. The second-order valence-corrected chi connectivity index (χ2v) is 7.96. The minimum absolute atomic E-state index is 0.124. The molecule has 0 bridgehead atoms. The predicted molar refractivity (Wildman–Crippen MR) is 81.5 cm³/mol. The predicted octanol–water partition coefficient (Wildman–Crippen LogP) is 3.65. The Bertz CT molecular complexity index is 813. The Labute approximate surface area is 130 Å². The number of carbonyl (C=O) groups excluding carboxylic acids is 1. The number of amides is 1. The summed E-state index contributed by atoms with van der Waals surface area (Å²) in [5.41, 5.74) is -0.499. The molecule has 0 aliphatic rings. The Morgan fingerprint density at radius 1 is 1.23 bits per heavy atom. The van der Waals surface area contributed by atoms with Crippen molar-refractivity contribution in [3.63, 3.8) is 0 Å². The molecule has 1 aromatic heterocycles. The Kier molecular flexibility index (Phi) is 4.62. The zero-order valence-corrected chi connectivity index (χ0v) is 13.4. The maximum absolute atomic E-state index is 13.0. The van der Waals surface area contributed by atoms with Gasteiger partial charge in [-0.2, -0.15) is 0 Å². The average Bonchev–Trinajstić information content (AvgIpc) is 2.84. The number of hydrogen-bond donors (Lipinski definition) is 1. The van der Waals surface area contributed by atoms with Crippen molar-refractivity contribution in [3.8, 4) is 0 Å². The first-order chi connectivity index (χ1) is 10.2. The van der Waals surface area contributed by atoms with Crippen LogP contribution in [0.2, 0.25) is 0 Å². The minimum Gasteiger partial charge on any atom is -0.321 e. The van der Waals surface area contributed by atoms with Crippen LogP contribution in [0.25, 0.3) is 0 Å². The summed E-state index contributed by atoms with van der Waals surface area (Å²) in [6, 6.07) is 6.76. The number of thiophene rings is 1. The molecule has 8 heteroatoms. The van der Waals surface area contributed by atoms with Gasteiger partial charge in [0.2, 0.25) is 0 Å². The number of nitrogens with one attached hydrogen (secondary N) is 1. The van der Waals surface area contributed by atoms with E-state index in [1.807, 2.05) is 6.92 Å². The Hall–Kier alpha value is -1.80. The van der Waals surface area contributed by atoms with Gasteiger partial charge in [0.1, 0.15) is 0 Å². The highest BCUT2D eigenvalue weighted by Crippen LogP contribution is 2.29. The quantitative estimate of drug-likeness (QED) is 0.920.